The number of aryl methyl sites for hydroxylation is 2. The van der Waals surface area contributed by atoms with Crippen molar-refractivity contribution < 1.29 is 26.8 Å². The van der Waals surface area contributed by atoms with Crippen LogP contribution in [0.3, 0.4) is 0 Å². The molecule has 0 saturated carbocycles. The molecule has 5 rings (SSSR count). The Morgan fingerprint density at radius 2 is 1.92 bits per heavy atom. The number of fused-ring (bicyclic) bond motifs is 3. The third-order valence-electron chi connectivity index (χ3n) is 5.82. The van der Waals surface area contributed by atoms with E-state index in [9.17, 15) is 22.4 Å². The number of thiophene rings is 1. The van der Waals surface area contributed by atoms with Crippen LogP contribution in [-0.4, -0.2) is 10.8 Å². The largest absolute Gasteiger partial charge is 0.456 e. The van der Waals surface area contributed by atoms with Gasteiger partial charge in [0.2, 0.25) is 5.76 Å². The van der Waals surface area contributed by atoms with Crippen LogP contribution < -0.4 is 5.32 Å². The van der Waals surface area contributed by atoms with Crippen molar-refractivity contribution >= 4 is 49.6 Å². The number of hydrogen-bond donors (Lipinski definition) is 1. The molecule has 0 fully saturated rings. The zero-order chi connectivity index (χ0) is 25.4. The Morgan fingerprint density at radius 3 is 2.69 bits per heavy atom. The summed E-state index contributed by atoms with van der Waals surface area (Å²) >= 11 is 1.57. The molecule has 0 amide bonds. The number of benzene rings is 2. The number of halogens is 4. The Bertz CT molecular complexity index is 1590. The van der Waals surface area contributed by atoms with Crippen molar-refractivity contribution in [2.24, 2.45) is 0 Å². The van der Waals surface area contributed by atoms with Crippen molar-refractivity contribution in [3.05, 3.63) is 88.4 Å². The molecule has 0 aliphatic carbocycles. The number of Topliss-reactive ketones (excluding diaryl/α,β-unsaturated/α-hetero) is 1. The lowest BCUT2D eigenvalue weighted by Gasteiger charge is -2.11. The third-order valence-corrected chi connectivity index (χ3v) is 6.76. The Morgan fingerprint density at radius 1 is 1.08 bits per heavy atom. The number of anilines is 2. The van der Waals surface area contributed by atoms with Crippen molar-refractivity contribution in [3.8, 4) is 0 Å². The van der Waals surface area contributed by atoms with E-state index in [1.165, 1.54) is 25.1 Å². The van der Waals surface area contributed by atoms with E-state index < -0.39 is 11.9 Å². The van der Waals surface area contributed by atoms with Crippen LogP contribution in [0.2, 0.25) is 0 Å². The number of rotatable bonds is 7. The summed E-state index contributed by atoms with van der Waals surface area (Å²) in [6.07, 6.45) is -4.53. The van der Waals surface area contributed by atoms with Crippen molar-refractivity contribution in [2.75, 3.05) is 5.32 Å². The van der Waals surface area contributed by atoms with E-state index >= 15 is 0 Å². The van der Waals surface area contributed by atoms with Gasteiger partial charge in [-0.2, -0.15) is 13.2 Å². The minimum absolute atomic E-state index is 0.0860. The molecular formula is C27H20F4N2O2S. The number of nitrogens with one attached hydrogen (secondary N) is 1. The maximum Gasteiger partial charge on any atom is 0.449 e. The molecule has 2 aromatic carbocycles. The van der Waals surface area contributed by atoms with Crippen molar-refractivity contribution in [1.82, 2.24) is 4.98 Å². The average Bonchev–Trinajstić information content (AvgIpc) is 3.45. The molecule has 3 aromatic heterocycles. The van der Waals surface area contributed by atoms with Gasteiger partial charge in [-0.3, -0.25) is 4.79 Å². The van der Waals surface area contributed by atoms with Gasteiger partial charge in [0.1, 0.15) is 23.2 Å². The molecule has 3 heterocycles. The van der Waals surface area contributed by atoms with Gasteiger partial charge in [-0.25, -0.2) is 9.37 Å². The number of aromatic nitrogens is 1. The van der Waals surface area contributed by atoms with Gasteiger partial charge in [0.05, 0.1) is 5.52 Å². The lowest BCUT2D eigenvalue weighted by Crippen LogP contribution is -2.11. The Hall–Kier alpha value is -3.72. The predicted octanol–water partition coefficient (Wildman–Crippen LogP) is 8.00. The number of nitrogens with zero attached hydrogens (tertiary/aromatic N) is 1. The highest BCUT2D eigenvalue weighted by molar-refractivity contribution is 7.18. The summed E-state index contributed by atoms with van der Waals surface area (Å²) in [7, 11) is 0. The molecule has 36 heavy (non-hydrogen) atoms. The fraction of sp³-hybridized carbons (Fsp3) is 0.185. The maximum atomic E-state index is 13.7. The zero-order valence-corrected chi connectivity index (χ0v) is 19.9. The Labute approximate surface area is 207 Å². The Kier molecular flexibility index (Phi) is 6.26. The monoisotopic (exact) mass is 512 g/mol. The second-order valence-corrected chi connectivity index (χ2v) is 9.45. The van der Waals surface area contributed by atoms with Crippen molar-refractivity contribution in [1.29, 1.82) is 0 Å². The smallest absolute Gasteiger partial charge is 0.449 e. The van der Waals surface area contributed by atoms with Gasteiger partial charge in [-0.05, 0) is 60.7 Å². The van der Waals surface area contributed by atoms with E-state index in [0.29, 0.717) is 23.4 Å². The first-order chi connectivity index (χ1) is 17.2. The summed E-state index contributed by atoms with van der Waals surface area (Å²) < 4.78 is 58.9. The van der Waals surface area contributed by atoms with Gasteiger partial charge >= 0.3 is 6.18 Å². The molecular weight excluding hydrogens is 492 g/mol. The van der Waals surface area contributed by atoms with Crippen LogP contribution in [-0.2, 0) is 23.8 Å². The number of carbonyl (C=O) groups excluding carboxylic acids is 1. The minimum atomic E-state index is -4.64. The molecule has 184 valence electrons. The van der Waals surface area contributed by atoms with E-state index in [1.807, 2.05) is 29.6 Å². The molecule has 0 radical (unpaired) electrons. The molecule has 0 unspecified atom stereocenters. The molecule has 0 aliphatic rings. The van der Waals surface area contributed by atoms with E-state index in [4.69, 9.17) is 9.40 Å². The van der Waals surface area contributed by atoms with Crippen LogP contribution >= 0.6 is 11.3 Å². The quantitative estimate of drug-likeness (QED) is 0.225. The standard InChI is InChI=1S/C27H20F4N2O2S/c1-15-11-17(25(35-15)27(29,30)31)13-20(34)7-5-16-6-8-21-23(12-16)33-26(22-9-10-36-24(21)22)32-19-4-2-3-18(28)14-19/h2-4,6,8-12,14H,5,7,13H2,1H3,(H,32,33). The predicted molar refractivity (Wildman–Crippen MR) is 132 cm³/mol. The van der Waals surface area contributed by atoms with E-state index in [1.54, 1.807) is 23.5 Å². The summed E-state index contributed by atoms with van der Waals surface area (Å²) in [5, 5.41) is 7.00. The highest BCUT2D eigenvalue weighted by Gasteiger charge is 2.38. The molecule has 0 atom stereocenters. The molecule has 5 aromatic rings. The fourth-order valence-electron chi connectivity index (χ4n) is 4.22. The zero-order valence-electron chi connectivity index (χ0n) is 19.1. The molecule has 9 heteroatoms. The van der Waals surface area contributed by atoms with Crippen LogP contribution in [0.15, 0.2) is 64.4 Å². The SMILES string of the molecule is Cc1cc(CC(=O)CCc2ccc3c(c2)nc(Nc2cccc(F)c2)c2ccsc23)c(C(F)(F)F)o1. The minimum Gasteiger partial charge on any atom is -0.456 e. The second kappa shape index (κ2) is 9.39. The number of hydrogen-bond acceptors (Lipinski definition) is 5. The molecule has 0 saturated heterocycles. The first kappa shape index (κ1) is 24.0. The summed E-state index contributed by atoms with van der Waals surface area (Å²) in [5.74, 6) is -1.07. The average molecular weight is 513 g/mol. The van der Waals surface area contributed by atoms with Crippen LogP contribution in [0.4, 0.5) is 29.1 Å². The maximum absolute atomic E-state index is 13.7. The van der Waals surface area contributed by atoms with Crippen LogP contribution in [0.25, 0.3) is 21.0 Å². The van der Waals surface area contributed by atoms with Gasteiger partial charge in [-0.15, -0.1) is 11.3 Å². The second-order valence-electron chi connectivity index (χ2n) is 8.54. The molecule has 0 spiro atoms. The normalized spacial score (nSPS) is 11.9. The van der Waals surface area contributed by atoms with Gasteiger partial charge in [0.15, 0.2) is 0 Å². The summed E-state index contributed by atoms with van der Waals surface area (Å²) in [4.78, 5) is 17.2. The van der Waals surface area contributed by atoms with Crippen LogP contribution in [0.1, 0.15) is 29.1 Å². The van der Waals surface area contributed by atoms with Gasteiger partial charge in [0, 0.05) is 39.6 Å². The van der Waals surface area contributed by atoms with Crippen molar-refractivity contribution in [2.45, 2.75) is 32.4 Å². The first-order valence-corrected chi connectivity index (χ1v) is 12.1. The summed E-state index contributed by atoms with van der Waals surface area (Å²) in [6, 6.07) is 15.0. The first-order valence-electron chi connectivity index (χ1n) is 11.2. The highest BCUT2D eigenvalue weighted by Crippen LogP contribution is 2.36. The lowest BCUT2D eigenvalue weighted by atomic mass is 10.0. The van der Waals surface area contributed by atoms with Gasteiger partial charge < -0.3 is 9.73 Å². The van der Waals surface area contributed by atoms with Crippen LogP contribution in [0.5, 0.6) is 0 Å². The molecule has 0 aliphatic heterocycles. The van der Waals surface area contributed by atoms with E-state index in [-0.39, 0.29) is 35.8 Å². The molecule has 4 nitrogen and oxygen atoms in total. The van der Waals surface area contributed by atoms with Gasteiger partial charge in [-0.1, -0.05) is 18.2 Å². The number of pyridine rings is 1. The topological polar surface area (TPSA) is 55.1 Å². The number of ketones is 1. The summed E-state index contributed by atoms with van der Waals surface area (Å²) in [6.45, 7) is 1.42. The third kappa shape index (κ3) is 4.97. The van der Waals surface area contributed by atoms with E-state index in [2.05, 4.69) is 5.32 Å². The van der Waals surface area contributed by atoms with Crippen LogP contribution in [0, 0.1) is 12.7 Å². The molecule has 1 N–H and O–H groups in total. The number of carbonyl (C=O) groups is 1. The summed E-state index contributed by atoms with van der Waals surface area (Å²) in [5.41, 5.74) is 1.98. The number of furan rings is 1. The molecule has 0 bridgehead atoms. The number of alkyl halides is 3. The highest BCUT2D eigenvalue weighted by atomic mass is 32.1. The van der Waals surface area contributed by atoms with E-state index in [0.717, 1.165) is 21.0 Å². The fourth-order valence-corrected chi connectivity index (χ4v) is 5.15. The van der Waals surface area contributed by atoms with Crippen molar-refractivity contribution in [3.63, 3.8) is 0 Å². The Balaban J connectivity index is 1.37. The van der Waals surface area contributed by atoms with Gasteiger partial charge in [0.25, 0.3) is 0 Å². The lowest BCUT2D eigenvalue weighted by molar-refractivity contribution is -0.154.